The Morgan fingerprint density at radius 3 is 1.77 bits per heavy atom. The van der Waals surface area contributed by atoms with E-state index in [1.54, 1.807) is 60.7 Å². The van der Waals surface area contributed by atoms with Crippen molar-refractivity contribution in [3.05, 3.63) is 146 Å². The summed E-state index contributed by atoms with van der Waals surface area (Å²) in [6, 6.07) is 25.2. The topological polar surface area (TPSA) is 174 Å². The third-order valence-corrected chi connectivity index (χ3v) is 5.74. The molecule has 200 valence electrons. The molecule has 0 atom stereocenters. The summed E-state index contributed by atoms with van der Waals surface area (Å²) in [5.41, 5.74) is -0.0540. The predicted molar refractivity (Wildman–Crippen MR) is 143 cm³/mol. The van der Waals surface area contributed by atoms with Crippen molar-refractivity contribution < 1.29 is 29.3 Å². The zero-order chi connectivity index (χ0) is 28.7. The van der Waals surface area contributed by atoms with Crippen LogP contribution >= 0.6 is 0 Å². The van der Waals surface area contributed by atoms with E-state index in [0.717, 1.165) is 18.2 Å². The zero-order valence-corrected chi connectivity index (χ0v) is 20.5. The van der Waals surface area contributed by atoms with Crippen molar-refractivity contribution >= 4 is 29.5 Å². The quantitative estimate of drug-likeness (QED) is 0.105. The molecule has 4 aromatic carbocycles. The zero-order valence-electron chi connectivity index (χ0n) is 20.5. The van der Waals surface area contributed by atoms with Gasteiger partial charge >= 0.3 is 5.97 Å². The average Bonchev–Trinajstić information content (AvgIpc) is 2.98. The van der Waals surface area contributed by atoms with Gasteiger partial charge in [-0.3, -0.25) is 25.0 Å². The highest BCUT2D eigenvalue weighted by Gasteiger charge is 2.39. The highest BCUT2D eigenvalue weighted by atomic mass is 16.6. The minimum Gasteiger partial charge on any atom is -0.423 e. The summed E-state index contributed by atoms with van der Waals surface area (Å²) in [5.74, 6) is -1.75. The fraction of sp³-hybridized carbons (Fsp3) is 0.0357. The van der Waals surface area contributed by atoms with Crippen molar-refractivity contribution in [3.8, 4) is 5.75 Å². The van der Waals surface area contributed by atoms with Crippen LogP contribution in [-0.2, 0) is 10.4 Å². The number of carbonyl (C=O) groups is 2. The van der Waals surface area contributed by atoms with Crippen molar-refractivity contribution in [3.63, 3.8) is 0 Å². The first-order chi connectivity index (χ1) is 19.2. The number of nitrogens with one attached hydrogen (secondary N) is 1. The van der Waals surface area contributed by atoms with Gasteiger partial charge in [-0.15, -0.1) is 0 Å². The van der Waals surface area contributed by atoms with E-state index in [9.17, 15) is 34.9 Å². The monoisotopic (exact) mass is 540 g/mol. The lowest BCUT2D eigenvalue weighted by Gasteiger charge is -2.27. The van der Waals surface area contributed by atoms with Crippen molar-refractivity contribution in [2.24, 2.45) is 5.10 Å². The van der Waals surface area contributed by atoms with E-state index in [-0.39, 0.29) is 11.3 Å². The van der Waals surface area contributed by atoms with Crippen LogP contribution in [0.5, 0.6) is 5.75 Å². The van der Waals surface area contributed by atoms with E-state index in [1.807, 2.05) is 0 Å². The molecule has 0 bridgehead atoms. The lowest BCUT2D eigenvalue weighted by atomic mass is 9.85. The highest BCUT2D eigenvalue weighted by Crippen LogP contribution is 2.30. The number of hydrazone groups is 1. The number of hydrogen-bond acceptors (Lipinski definition) is 9. The fourth-order valence-corrected chi connectivity index (χ4v) is 3.75. The largest absolute Gasteiger partial charge is 0.423 e. The summed E-state index contributed by atoms with van der Waals surface area (Å²) in [4.78, 5) is 45.9. The molecule has 0 fully saturated rings. The molecule has 4 aromatic rings. The lowest BCUT2D eigenvalue weighted by Crippen LogP contribution is -2.43. The van der Waals surface area contributed by atoms with Crippen LogP contribution in [0.2, 0.25) is 0 Å². The van der Waals surface area contributed by atoms with Crippen LogP contribution in [0.3, 0.4) is 0 Å². The molecule has 0 aliphatic rings. The number of carbonyl (C=O) groups excluding carboxylic acids is 2. The Morgan fingerprint density at radius 2 is 1.30 bits per heavy atom. The maximum Gasteiger partial charge on any atom is 0.344 e. The second-order valence-electron chi connectivity index (χ2n) is 8.35. The molecular weight excluding hydrogens is 520 g/mol. The van der Waals surface area contributed by atoms with Crippen molar-refractivity contribution in [1.82, 2.24) is 5.43 Å². The number of nitro groups is 2. The molecule has 12 nitrogen and oxygen atoms in total. The third kappa shape index (κ3) is 6.03. The van der Waals surface area contributed by atoms with Crippen LogP contribution in [0.15, 0.2) is 108 Å². The molecule has 0 radical (unpaired) electrons. The summed E-state index contributed by atoms with van der Waals surface area (Å²) in [6.45, 7) is 0. The second kappa shape index (κ2) is 11.8. The molecular formula is C28H20N4O8. The molecule has 0 aromatic heterocycles. The van der Waals surface area contributed by atoms with Gasteiger partial charge in [0.2, 0.25) is 0 Å². The van der Waals surface area contributed by atoms with Crippen molar-refractivity contribution in [1.29, 1.82) is 0 Å². The van der Waals surface area contributed by atoms with Crippen LogP contribution in [-0.4, -0.2) is 33.0 Å². The Labute approximate surface area is 226 Å². The van der Waals surface area contributed by atoms with Crippen LogP contribution < -0.4 is 10.2 Å². The Bertz CT molecular complexity index is 1520. The molecule has 0 heterocycles. The molecule has 12 heteroatoms. The average molecular weight is 540 g/mol. The summed E-state index contributed by atoms with van der Waals surface area (Å²) < 4.78 is 5.18. The SMILES string of the molecule is O=C(Oc1ccc(/C=N\NC(=O)C(O)(c2ccccc2)c2ccccc2)cc1)c1cc([N+](=O)[O-])cc([N+](=O)[O-])c1. The maximum absolute atomic E-state index is 13.1. The van der Waals surface area contributed by atoms with Gasteiger partial charge in [-0.25, -0.2) is 10.2 Å². The minimum absolute atomic E-state index is 0.0582. The summed E-state index contributed by atoms with van der Waals surface area (Å²) in [6.07, 6.45) is 1.31. The first kappa shape index (κ1) is 27.3. The number of hydrogen-bond donors (Lipinski definition) is 2. The van der Waals surface area contributed by atoms with Crippen LogP contribution in [0.4, 0.5) is 11.4 Å². The van der Waals surface area contributed by atoms with Gasteiger partial charge in [0.05, 0.1) is 27.7 Å². The standard InChI is InChI=1S/C28H20N4O8/c33-26(20-15-23(31(36)37)17-24(16-20)32(38)39)40-25-13-11-19(12-14-25)18-29-30-27(34)28(35,21-7-3-1-4-8-21)22-9-5-2-6-10-22/h1-18,35H,(H,30,34)/b29-18-. The normalized spacial score (nSPS) is 11.1. The molecule has 2 N–H and O–H groups in total. The number of ether oxygens (including phenoxy) is 1. The van der Waals surface area contributed by atoms with Gasteiger partial charge in [0.25, 0.3) is 17.3 Å². The Hall–Kier alpha value is -5.75. The Morgan fingerprint density at radius 1 is 0.800 bits per heavy atom. The Kier molecular flexibility index (Phi) is 8.02. The minimum atomic E-state index is -2.00. The van der Waals surface area contributed by atoms with Gasteiger partial charge in [-0.1, -0.05) is 60.7 Å². The first-order valence-electron chi connectivity index (χ1n) is 11.6. The number of benzene rings is 4. The number of amides is 1. The Balaban J connectivity index is 1.46. The fourth-order valence-electron chi connectivity index (χ4n) is 3.75. The molecule has 40 heavy (non-hydrogen) atoms. The molecule has 4 rings (SSSR count). The summed E-state index contributed by atoms with van der Waals surface area (Å²) in [5, 5.41) is 37.5. The van der Waals surface area contributed by atoms with Gasteiger partial charge in [0, 0.05) is 12.1 Å². The molecule has 0 aliphatic carbocycles. The lowest BCUT2D eigenvalue weighted by molar-refractivity contribution is -0.394. The maximum atomic E-state index is 13.1. The van der Waals surface area contributed by atoms with E-state index in [1.165, 1.54) is 30.5 Å². The molecule has 0 spiro atoms. The van der Waals surface area contributed by atoms with E-state index >= 15 is 0 Å². The highest BCUT2D eigenvalue weighted by molar-refractivity contribution is 5.93. The van der Waals surface area contributed by atoms with Crippen LogP contribution in [0.1, 0.15) is 27.0 Å². The van der Waals surface area contributed by atoms with Gasteiger partial charge in [0.15, 0.2) is 5.60 Å². The number of nitrogens with zero attached hydrogens (tertiary/aromatic N) is 3. The third-order valence-electron chi connectivity index (χ3n) is 5.74. The van der Waals surface area contributed by atoms with Gasteiger partial charge in [-0.2, -0.15) is 5.10 Å². The summed E-state index contributed by atoms with van der Waals surface area (Å²) >= 11 is 0. The van der Waals surface area contributed by atoms with Crippen molar-refractivity contribution in [2.75, 3.05) is 0 Å². The van der Waals surface area contributed by atoms with Gasteiger partial charge in [0.1, 0.15) is 5.75 Å². The van der Waals surface area contributed by atoms with E-state index in [2.05, 4.69) is 10.5 Å². The molecule has 0 saturated carbocycles. The number of aliphatic hydroxyl groups is 1. The first-order valence-corrected chi connectivity index (χ1v) is 11.6. The summed E-state index contributed by atoms with van der Waals surface area (Å²) in [7, 11) is 0. The van der Waals surface area contributed by atoms with E-state index in [0.29, 0.717) is 16.7 Å². The van der Waals surface area contributed by atoms with Crippen LogP contribution in [0, 0.1) is 20.2 Å². The molecule has 0 saturated heterocycles. The number of rotatable bonds is 9. The van der Waals surface area contributed by atoms with Gasteiger partial charge < -0.3 is 9.84 Å². The van der Waals surface area contributed by atoms with Crippen LogP contribution in [0.25, 0.3) is 0 Å². The number of esters is 1. The number of non-ortho nitro benzene ring substituents is 2. The smallest absolute Gasteiger partial charge is 0.344 e. The molecule has 1 amide bonds. The predicted octanol–water partition coefficient (Wildman–Crippen LogP) is 4.11. The van der Waals surface area contributed by atoms with E-state index < -0.39 is 38.7 Å². The molecule has 0 unspecified atom stereocenters. The molecule has 0 aliphatic heterocycles. The number of nitro benzene ring substituents is 2. The van der Waals surface area contributed by atoms with E-state index in [4.69, 9.17) is 4.74 Å². The second-order valence-corrected chi connectivity index (χ2v) is 8.35. The van der Waals surface area contributed by atoms with Gasteiger partial charge in [-0.05, 0) is 41.0 Å². The van der Waals surface area contributed by atoms with Crippen molar-refractivity contribution in [2.45, 2.75) is 5.60 Å².